The maximum absolute atomic E-state index is 13.1. The monoisotopic (exact) mass is 364 g/mol. The molecule has 2 aromatic heterocycles. The molecule has 27 heavy (non-hydrogen) atoms. The average molecular weight is 364 g/mol. The lowest BCUT2D eigenvalue weighted by atomic mass is 9.95. The van der Waals surface area contributed by atoms with Gasteiger partial charge in [-0.15, -0.1) is 0 Å². The zero-order valence-electron chi connectivity index (χ0n) is 15.7. The van der Waals surface area contributed by atoms with Crippen LogP contribution in [-0.4, -0.2) is 64.0 Å². The van der Waals surface area contributed by atoms with E-state index in [1.807, 2.05) is 35.4 Å². The molecule has 7 nitrogen and oxygen atoms in total. The summed E-state index contributed by atoms with van der Waals surface area (Å²) in [4.78, 5) is 25.3. The summed E-state index contributed by atoms with van der Waals surface area (Å²) < 4.78 is 2.17. The van der Waals surface area contributed by atoms with Crippen LogP contribution in [0.25, 0.3) is 10.9 Å². The SMILES string of the molecule is CN(C)CCn1cc(C(=O)N2CC(c3ccnc(N)n3)C2)c2ccccc21. The summed E-state index contributed by atoms with van der Waals surface area (Å²) in [5.74, 6) is 0.579. The highest BCUT2D eigenvalue weighted by atomic mass is 16.2. The number of aromatic nitrogens is 3. The van der Waals surface area contributed by atoms with Crippen LogP contribution < -0.4 is 5.73 Å². The number of nitrogens with zero attached hydrogens (tertiary/aromatic N) is 5. The van der Waals surface area contributed by atoms with Crippen molar-refractivity contribution in [3.8, 4) is 0 Å². The van der Waals surface area contributed by atoms with Crippen molar-refractivity contribution < 1.29 is 4.79 Å². The van der Waals surface area contributed by atoms with Gasteiger partial charge in [0, 0.05) is 55.4 Å². The van der Waals surface area contributed by atoms with E-state index in [2.05, 4.69) is 39.6 Å². The maximum Gasteiger partial charge on any atom is 0.256 e. The van der Waals surface area contributed by atoms with E-state index in [-0.39, 0.29) is 17.8 Å². The van der Waals surface area contributed by atoms with Crippen molar-refractivity contribution in [1.82, 2.24) is 24.3 Å². The first kappa shape index (κ1) is 17.5. The molecule has 7 heteroatoms. The smallest absolute Gasteiger partial charge is 0.256 e. The van der Waals surface area contributed by atoms with E-state index in [9.17, 15) is 4.79 Å². The molecule has 0 spiro atoms. The van der Waals surface area contributed by atoms with Gasteiger partial charge in [0.15, 0.2) is 0 Å². The summed E-state index contributed by atoms with van der Waals surface area (Å²) in [6.45, 7) is 3.09. The topological polar surface area (TPSA) is 80.3 Å². The largest absolute Gasteiger partial charge is 0.368 e. The number of rotatable bonds is 5. The summed E-state index contributed by atoms with van der Waals surface area (Å²) in [7, 11) is 4.11. The first-order valence-electron chi connectivity index (χ1n) is 9.13. The van der Waals surface area contributed by atoms with Crippen LogP contribution in [0.3, 0.4) is 0 Å². The fourth-order valence-electron chi connectivity index (χ4n) is 3.53. The molecule has 0 unspecified atom stereocenters. The zero-order chi connectivity index (χ0) is 19.0. The Hall–Kier alpha value is -2.93. The van der Waals surface area contributed by atoms with E-state index in [0.717, 1.165) is 35.2 Å². The number of amides is 1. The molecule has 0 aliphatic carbocycles. The molecule has 2 N–H and O–H groups in total. The fourth-order valence-corrected chi connectivity index (χ4v) is 3.53. The normalized spacial score (nSPS) is 14.7. The summed E-state index contributed by atoms with van der Waals surface area (Å²) >= 11 is 0. The Labute approximate surface area is 158 Å². The van der Waals surface area contributed by atoms with Gasteiger partial charge in [-0.25, -0.2) is 9.97 Å². The zero-order valence-corrected chi connectivity index (χ0v) is 15.7. The van der Waals surface area contributed by atoms with Crippen LogP contribution in [-0.2, 0) is 6.54 Å². The summed E-state index contributed by atoms with van der Waals surface area (Å²) in [6.07, 6.45) is 3.66. The number of carbonyl (C=O) groups is 1. The molecule has 1 aliphatic heterocycles. The molecule has 1 amide bonds. The van der Waals surface area contributed by atoms with Gasteiger partial charge < -0.3 is 20.1 Å². The fraction of sp³-hybridized carbons (Fsp3) is 0.350. The van der Waals surface area contributed by atoms with E-state index in [0.29, 0.717) is 13.1 Å². The van der Waals surface area contributed by atoms with Crippen LogP contribution >= 0.6 is 0 Å². The van der Waals surface area contributed by atoms with Crippen molar-refractivity contribution in [2.75, 3.05) is 39.5 Å². The van der Waals surface area contributed by atoms with Crippen LogP contribution in [0.2, 0.25) is 0 Å². The third-order valence-corrected chi connectivity index (χ3v) is 5.09. The van der Waals surface area contributed by atoms with E-state index >= 15 is 0 Å². The Balaban J connectivity index is 1.53. The predicted octanol–water partition coefficient (Wildman–Crippen LogP) is 1.81. The van der Waals surface area contributed by atoms with Crippen molar-refractivity contribution in [3.05, 3.63) is 54.0 Å². The first-order valence-corrected chi connectivity index (χ1v) is 9.13. The summed E-state index contributed by atoms with van der Waals surface area (Å²) in [6, 6.07) is 9.97. The molecule has 0 atom stereocenters. The van der Waals surface area contributed by atoms with Gasteiger partial charge in [0.25, 0.3) is 5.91 Å². The molecular formula is C20H24N6O. The number of nitrogen functional groups attached to an aromatic ring is 1. The molecule has 1 aromatic carbocycles. The highest BCUT2D eigenvalue weighted by molar-refractivity contribution is 6.07. The second-order valence-corrected chi connectivity index (χ2v) is 7.30. The van der Waals surface area contributed by atoms with Crippen LogP contribution in [0, 0.1) is 0 Å². The minimum absolute atomic E-state index is 0.0769. The number of likely N-dealkylation sites (tertiary alicyclic amines) is 1. The van der Waals surface area contributed by atoms with E-state index in [1.165, 1.54) is 0 Å². The third-order valence-electron chi connectivity index (χ3n) is 5.09. The lowest BCUT2D eigenvalue weighted by Gasteiger charge is -2.38. The Morgan fingerprint density at radius 1 is 1.26 bits per heavy atom. The second-order valence-electron chi connectivity index (χ2n) is 7.30. The van der Waals surface area contributed by atoms with Crippen molar-refractivity contribution in [3.63, 3.8) is 0 Å². The molecule has 1 aliphatic rings. The highest BCUT2D eigenvalue weighted by Gasteiger charge is 2.34. The number of hydrogen-bond acceptors (Lipinski definition) is 5. The van der Waals surface area contributed by atoms with E-state index < -0.39 is 0 Å². The number of nitrogens with two attached hydrogens (primary N) is 1. The lowest BCUT2D eigenvalue weighted by molar-refractivity contribution is 0.0600. The molecule has 1 fully saturated rings. The highest BCUT2D eigenvalue weighted by Crippen LogP contribution is 2.30. The van der Waals surface area contributed by atoms with Crippen LogP contribution in [0.4, 0.5) is 5.95 Å². The first-order chi connectivity index (χ1) is 13.0. The van der Waals surface area contributed by atoms with Crippen LogP contribution in [0.15, 0.2) is 42.7 Å². The Kier molecular flexibility index (Phi) is 4.53. The van der Waals surface area contributed by atoms with Crippen molar-refractivity contribution in [1.29, 1.82) is 0 Å². The average Bonchev–Trinajstić information content (AvgIpc) is 2.97. The van der Waals surface area contributed by atoms with Gasteiger partial charge in [0.05, 0.1) is 11.3 Å². The van der Waals surface area contributed by atoms with Gasteiger partial charge in [-0.1, -0.05) is 18.2 Å². The standard InChI is InChI=1S/C20H24N6O/c1-24(2)9-10-25-13-16(15-5-3-4-6-18(15)25)19(27)26-11-14(12-26)17-7-8-22-20(21)23-17/h3-8,13-14H,9-12H2,1-2H3,(H2,21,22,23). The number of hydrogen-bond donors (Lipinski definition) is 1. The number of carbonyl (C=O) groups excluding carboxylic acids is 1. The third kappa shape index (κ3) is 3.38. The molecular weight excluding hydrogens is 340 g/mol. The van der Waals surface area contributed by atoms with Gasteiger partial charge in [-0.2, -0.15) is 0 Å². The van der Waals surface area contributed by atoms with Gasteiger partial charge in [-0.3, -0.25) is 4.79 Å². The molecule has 4 rings (SSSR count). The van der Waals surface area contributed by atoms with Gasteiger partial charge in [-0.05, 0) is 26.2 Å². The number of para-hydroxylation sites is 1. The molecule has 140 valence electrons. The maximum atomic E-state index is 13.1. The quantitative estimate of drug-likeness (QED) is 0.747. The number of likely N-dealkylation sites (N-methyl/N-ethyl adjacent to an activating group) is 1. The van der Waals surface area contributed by atoms with E-state index in [1.54, 1.807) is 6.20 Å². The van der Waals surface area contributed by atoms with E-state index in [4.69, 9.17) is 5.73 Å². The molecule has 3 heterocycles. The molecule has 0 radical (unpaired) electrons. The van der Waals surface area contributed by atoms with Gasteiger partial charge in [0.1, 0.15) is 0 Å². The molecule has 1 saturated heterocycles. The Bertz CT molecular complexity index is 974. The van der Waals surface area contributed by atoms with Crippen LogP contribution in [0.1, 0.15) is 22.0 Å². The summed E-state index contributed by atoms with van der Waals surface area (Å²) in [5.41, 5.74) is 8.44. The van der Waals surface area contributed by atoms with Crippen molar-refractivity contribution in [2.24, 2.45) is 0 Å². The number of benzene rings is 1. The lowest BCUT2D eigenvalue weighted by Crippen LogP contribution is -2.48. The number of fused-ring (bicyclic) bond motifs is 1. The molecule has 3 aromatic rings. The van der Waals surface area contributed by atoms with Crippen molar-refractivity contribution in [2.45, 2.75) is 12.5 Å². The second kappa shape index (κ2) is 7.00. The van der Waals surface area contributed by atoms with Gasteiger partial charge in [0.2, 0.25) is 5.95 Å². The Morgan fingerprint density at radius 3 is 2.78 bits per heavy atom. The minimum Gasteiger partial charge on any atom is -0.368 e. The van der Waals surface area contributed by atoms with Crippen LogP contribution in [0.5, 0.6) is 0 Å². The molecule has 0 bridgehead atoms. The minimum atomic E-state index is 0.0769. The Morgan fingerprint density at radius 2 is 2.04 bits per heavy atom. The summed E-state index contributed by atoms with van der Waals surface area (Å²) in [5, 5.41) is 1.01. The van der Waals surface area contributed by atoms with Gasteiger partial charge >= 0.3 is 0 Å². The van der Waals surface area contributed by atoms with Crippen molar-refractivity contribution >= 4 is 22.8 Å². The predicted molar refractivity (Wildman–Crippen MR) is 106 cm³/mol. The molecule has 0 saturated carbocycles. The number of anilines is 1.